The summed E-state index contributed by atoms with van der Waals surface area (Å²) in [6, 6.07) is 0. The Morgan fingerprint density at radius 3 is 2.77 bits per heavy atom. The fraction of sp³-hybridized carbons (Fsp3) is 0.545. The lowest BCUT2D eigenvalue weighted by Crippen LogP contribution is -2.06. The number of nitrogens with zero attached hydrogens (tertiary/aromatic N) is 1. The van der Waals surface area contributed by atoms with Crippen LogP contribution in [0, 0.1) is 5.92 Å². The Bertz CT molecular complexity index is 185. The molecule has 0 spiro atoms. The molecule has 0 aromatic heterocycles. The zero-order valence-electron chi connectivity index (χ0n) is 8.62. The van der Waals surface area contributed by atoms with Gasteiger partial charge in [-0.3, -0.25) is 4.99 Å². The second kappa shape index (κ2) is 8.11. The third kappa shape index (κ3) is 6.64. The van der Waals surface area contributed by atoms with Crippen LogP contribution < -0.4 is 0 Å². The fourth-order valence-corrected chi connectivity index (χ4v) is 1.75. The molecule has 1 atom stereocenters. The normalized spacial score (nSPS) is 13.1. The summed E-state index contributed by atoms with van der Waals surface area (Å²) in [5.74, 6) is 1.76. The minimum atomic E-state index is 0.665. The van der Waals surface area contributed by atoms with E-state index in [-0.39, 0.29) is 0 Å². The molecule has 0 aromatic rings. The first kappa shape index (κ1) is 12.5. The van der Waals surface area contributed by atoms with Gasteiger partial charge in [-0.2, -0.15) is 0 Å². The van der Waals surface area contributed by atoms with Crippen molar-refractivity contribution >= 4 is 18.0 Å². The first-order valence-corrected chi connectivity index (χ1v) is 5.61. The summed E-state index contributed by atoms with van der Waals surface area (Å²) < 4.78 is 0. The van der Waals surface area contributed by atoms with Crippen LogP contribution in [0.5, 0.6) is 0 Å². The minimum Gasteiger partial charge on any atom is -0.298 e. The number of thioether (sulfide) groups is 1. The van der Waals surface area contributed by atoms with E-state index in [9.17, 15) is 0 Å². The SMILES string of the molecule is C=CC(=C)SCC(CC)CN=CC. The molecular weight excluding hydrogens is 178 g/mol. The molecule has 0 aliphatic carbocycles. The Hall–Kier alpha value is -0.500. The average Bonchev–Trinajstić information content (AvgIpc) is 2.17. The summed E-state index contributed by atoms with van der Waals surface area (Å²) in [6.45, 7) is 12.6. The topological polar surface area (TPSA) is 12.4 Å². The molecule has 0 saturated heterocycles. The maximum absolute atomic E-state index is 4.25. The van der Waals surface area contributed by atoms with Gasteiger partial charge in [0.05, 0.1) is 0 Å². The Kier molecular flexibility index (Phi) is 7.80. The molecule has 74 valence electrons. The highest BCUT2D eigenvalue weighted by Crippen LogP contribution is 2.19. The van der Waals surface area contributed by atoms with Gasteiger partial charge in [0.2, 0.25) is 0 Å². The summed E-state index contributed by atoms with van der Waals surface area (Å²) in [6.07, 6.45) is 4.85. The van der Waals surface area contributed by atoms with E-state index in [0.717, 1.165) is 17.2 Å². The van der Waals surface area contributed by atoms with E-state index >= 15 is 0 Å². The van der Waals surface area contributed by atoms with Crippen LogP contribution in [0.4, 0.5) is 0 Å². The predicted molar refractivity (Wildman–Crippen MR) is 64.6 cm³/mol. The maximum atomic E-state index is 4.25. The van der Waals surface area contributed by atoms with Crippen LogP contribution in [-0.2, 0) is 0 Å². The number of allylic oxidation sites excluding steroid dienone is 1. The van der Waals surface area contributed by atoms with Crippen LogP contribution in [0.2, 0.25) is 0 Å². The van der Waals surface area contributed by atoms with E-state index in [0.29, 0.717) is 5.92 Å². The number of hydrogen-bond donors (Lipinski definition) is 0. The van der Waals surface area contributed by atoms with Gasteiger partial charge >= 0.3 is 0 Å². The Labute approximate surface area is 86.0 Å². The van der Waals surface area contributed by atoms with Crippen molar-refractivity contribution in [1.82, 2.24) is 0 Å². The van der Waals surface area contributed by atoms with E-state index in [2.05, 4.69) is 25.1 Å². The van der Waals surface area contributed by atoms with Gasteiger partial charge in [-0.15, -0.1) is 11.8 Å². The van der Waals surface area contributed by atoms with Gasteiger partial charge in [-0.25, -0.2) is 0 Å². The molecule has 0 aliphatic heterocycles. The van der Waals surface area contributed by atoms with Gasteiger partial charge in [0.1, 0.15) is 0 Å². The third-order valence-corrected chi connectivity index (χ3v) is 3.03. The molecule has 0 heterocycles. The lowest BCUT2D eigenvalue weighted by molar-refractivity contribution is 0.588. The quantitative estimate of drug-likeness (QED) is 0.449. The molecule has 1 unspecified atom stereocenters. The summed E-state index contributed by atoms with van der Waals surface area (Å²) in [7, 11) is 0. The molecule has 1 nitrogen and oxygen atoms in total. The molecular formula is C11H19NS. The van der Waals surface area contributed by atoms with Crippen molar-refractivity contribution in [1.29, 1.82) is 0 Å². The minimum absolute atomic E-state index is 0.665. The second-order valence-corrected chi connectivity index (χ2v) is 4.03. The van der Waals surface area contributed by atoms with Gasteiger partial charge in [-0.05, 0) is 24.0 Å². The van der Waals surface area contributed by atoms with E-state index in [4.69, 9.17) is 0 Å². The van der Waals surface area contributed by atoms with Crippen LogP contribution in [0.25, 0.3) is 0 Å². The van der Waals surface area contributed by atoms with E-state index in [1.54, 1.807) is 17.8 Å². The zero-order valence-corrected chi connectivity index (χ0v) is 9.44. The molecule has 2 heteroatoms. The van der Waals surface area contributed by atoms with E-state index in [1.165, 1.54) is 6.42 Å². The Morgan fingerprint density at radius 2 is 2.31 bits per heavy atom. The van der Waals surface area contributed by atoms with Crippen molar-refractivity contribution in [2.75, 3.05) is 12.3 Å². The first-order valence-electron chi connectivity index (χ1n) is 4.63. The number of rotatable bonds is 7. The average molecular weight is 197 g/mol. The van der Waals surface area contributed by atoms with Crippen molar-refractivity contribution in [3.8, 4) is 0 Å². The van der Waals surface area contributed by atoms with E-state index < -0.39 is 0 Å². The standard InChI is InChI=1S/C11H19NS/c1-5-10(4)13-9-11(6-2)8-12-7-3/h5,7,11H,1,4,6,8-9H2,2-3H3. The molecule has 0 rings (SSSR count). The van der Waals surface area contributed by atoms with Crippen LogP contribution in [0.15, 0.2) is 29.1 Å². The van der Waals surface area contributed by atoms with Gasteiger partial charge in [0, 0.05) is 12.3 Å². The lowest BCUT2D eigenvalue weighted by Gasteiger charge is -2.10. The van der Waals surface area contributed by atoms with Crippen molar-refractivity contribution in [3.05, 3.63) is 24.1 Å². The summed E-state index contributed by atoms with van der Waals surface area (Å²) in [5, 5.41) is 0. The first-order chi connectivity index (χ1) is 6.24. The highest BCUT2D eigenvalue weighted by Gasteiger charge is 2.04. The monoisotopic (exact) mass is 197 g/mol. The summed E-state index contributed by atoms with van der Waals surface area (Å²) in [5.41, 5.74) is 0. The molecule has 0 bridgehead atoms. The molecule has 0 N–H and O–H groups in total. The molecule has 0 radical (unpaired) electrons. The fourth-order valence-electron chi connectivity index (χ4n) is 0.838. The van der Waals surface area contributed by atoms with E-state index in [1.807, 2.05) is 13.1 Å². The highest BCUT2D eigenvalue weighted by molar-refractivity contribution is 8.03. The van der Waals surface area contributed by atoms with Crippen LogP contribution in [0.1, 0.15) is 20.3 Å². The maximum Gasteiger partial charge on any atom is 0.0421 e. The molecule has 13 heavy (non-hydrogen) atoms. The van der Waals surface area contributed by atoms with Crippen molar-refractivity contribution in [2.45, 2.75) is 20.3 Å². The molecule has 0 aliphatic rings. The highest BCUT2D eigenvalue weighted by atomic mass is 32.2. The second-order valence-electron chi connectivity index (χ2n) is 2.88. The van der Waals surface area contributed by atoms with Gasteiger partial charge in [-0.1, -0.05) is 32.6 Å². The Morgan fingerprint density at radius 1 is 1.62 bits per heavy atom. The van der Waals surface area contributed by atoms with Crippen molar-refractivity contribution in [3.63, 3.8) is 0 Å². The number of aliphatic imine (C=N–C) groups is 1. The molecule has 0 aromatic carbocycles. The zero-order chi connectivity index (χ0) is 10.1. The summed E-state index contributed by atoms with van der Waals surface area (Å²) >= 11 is 1.77. The van der Waals surface area contributed by atoms with Crippen molar-refractivity contribution < 1.29 is 0 Å². The van der Waals surface area contributed by atoms with Crippen LogP contribution in [0.3, 0.4) is 0 Å². The largest absolute Gasteiger partial charge is 0.298 e. The Balaban J connectivity index is 3.70. The number of hydrogen-bond acceptors (Lipinski definition) is 2. The van der Waals surface area contributed by atoms with Gasteiger partial charge in [0.25, 0.3) is 0 Å². The summed E-state index contributed by atoms with van der Waals surface area (Å²) in [4.78, 5) is 5.31. The lowest BCUT2D eigenvalue weighted by atomic mass is 10.1. The smallest absolute Gasteiger partial charge is 0.0421 e. The van der Waals surface area contributed by atoms with Crippen LogP contribution in [-0.4, -0.2) is 18.5 Å². The van der Waals surface area contributed by atoms with Gasteiger partial charge < -0.3 is 0 Å². The van der Waals surface area contributed by atoms with Crippen LogP contribution >= 0.6 is 11.8 Å². The third-order valence-electron chi connectivity index (χ3n) is 1.86. The predicted octanol–water partition coefficient (Wildman–Crippen LogP) is 3.54. The molecule has 0 amide bonds. The molecule has 0 saturated carbocycles. The molecule has 0 fully saturated rings. The van der Waals surface area contributed by atoms with Crippen molar-refractivity contribution in [2.24, 2.45) is 10.9 Å². The van der Waals surface area contributed by atoms with Gasteiger partial charge in [0.15, 0.2) is 0 Å².